The van der Waals surface area contributed by atoms with Gasteiger partial charge in [0, 0.05) is 19.0 Å². The minimum atomic E-state index is -4.53. The second kappa shape index (κ2) is 11.1. The van der Waals surface area contributed by atoms with Gasteiger partial charge in [0.1, 0.15) is 11.5 Å². The van der Waals surface area contributed by atoms with Gasteiger partial charge in [0.05, 0.1) is 30.9 Å². The van der Waals surface area contributed by atoms with Gasteiger partial charge in [-0.3, -0.25) is 9.59 Å². The molecule has 2 aromatic carbocycles. The number of benzene rings is 2. The summed E-state index contributed by atoms with van der Waals surface area (Å²) in [6.45, 7) is 3.04. The van der Waals surface area contributed by atoms with Crippen LogP contribution in [0.4, 0.5) is 18.9 Å². The van der Waals surface area contributed by atoms with Crippen molar-refractivity contribution in [3.05, 3.63) is 54.1 Å². The number of carbonyl (C=O) groups excluding carboxylic acids is 2. The number of hydrogen-bond donors (Lipinski definition) is 1. The van der Waals surface area contributed by atoms with Crippen LogP contribution >= 0.6 is 0 Å². The highest BCUT2D eigenvalue weighted by molar-refractivity contribution is 5.94. The smallest absolute Gasteiger partial charge is 0.416 e. The molecule has 1 aliphatic heterocycles. The quantitative estimate of drug-likeness (QED) is 0.612. The van der Waals surface area contributed by atoms with Crippen molar-refractivity contribution in [3.8, 4) is 11.5 Å². The molecule has 1 fully saturated rings. The first kappa shape index (κ1) is 24.4. The van der Waals surface area contributed by atoms with Crippen LogP contribution in [0.2, 0.25) is 0 Å². The number of nitrogens with zero attached hydrogens (tertiary/aromatic N) is 1. The summed E-state index contributed by atoms with van der Waals surface area (Å²) >= 11 is 0. The fraction of sp³-hybridized carbons (Fsp3) is 0.417. The lowest BCUT2D eigenvalue weighted by molar-refractivity contribution is -0.137. The minimum Gasteiger partial charge on any atom is -0.493 e. The van der Waals surface area contributed by atoms with E-state index in [-0.39, 0.29) is 42.9 Å². The average molecular weight is 464 g/mol. The lowest BCUT2D eigenvalue weighted by Gasteiger charge is -2.31. The lowest BCUT2D eigenvalue weighted by atomic mass is 9.95. The van der Waals surface area contributed by atoms with Gasteiger partial charge in [-0.1, -0.05) is 18.2 Å². The van der Waals surface area contributed by atoms with E-state index in [1.54, 1.807) is 11.8 Å². The first-order chi connectivity index (χ1) is 15.8. The SMILES string of the molecule is CCOc1ccc(C(F)(F)F)cc1NC(=O)C1CCN(C(=O)CCOc2ccccc2)CC1. The van der Waals surface area contributed by atoms with E-state index >= 15 is 0 Å². The highest BCUT2D eigenvalue weighted by Gasteiger charge is 2.32. The van der Waals surface area contributed by atoms with E-state index in [2.05, 4.69) is 5.32 Å². The second-order valence-electron chi connectivity index (χ2n) is 7.70. The third-order valence-corrected chi connectivity index (χ3v) is 5.41. The lowest BCUT2D eigenvalue weighted by Crippen LogP contribution is -2.41. The number of halogens is 3. The summed E-state index contributed by atoms with van der Waals surface area (Å²) in [5.41, 5.74) is -0.868. The van der Waals surface area contributed by atoms with Gasteiger partial charge in [-0.2, -0.15) is 13.2 Å². The summed E-state index contributed by atoms with van der Waals surface area (Å²) in [5, 5.41) is 2.59. The largest absolute Gasteiger partial charge is 0.493 e. The summed E-state index contributed by atoms with van der Waals surface area (Å²) in [5.74, 6) is 0.0429. The number of hydrogen-bond acceptors (Lipinski definition) is 4. The molecule has 0 unspecified atom stereocenters. The van der Waals surface area contributed by atoms with Crippen LogP contribution in [-0.4, -0.2) is 43.0 Å². The molecule has 6 nitrogen and oxygen atoms in total. The number of likely N-dealkylation sites (tertiary alicyclic amines) is 1. The van der Waals surface area contributed by atoms with Crippen molar-refractivity contribution in [1.82, 2.24) is 4.90 Å². The van der Waals surface area contributed by atoms with E-state index in [1.165, 1.54) is 6.07 Å². The van der Waals surface area contributed by atoms with Crippen LogP contribution in [0, 0.1) is 5.92 Å². The Bertz CT molecular complexity index is 942. The molecular weight excluding hydrogens is 437 g/mol. The van der Waals surface area contributed by atoms with Crippen LogP contribution in [-0.2, 0) is 15.8 Å². The molecule has 0 saturated carbocycles. The van der Waals surface area contributed by atoms with Crippen LogP contribution < -0.4 is 14.8 Å². The summed E-state index contributed by atoms with van der Waals surface area (Å²) in [4.78, 5) is 26.8. The van der Waals surface area contributed by atoms with Gasteiger partial charge in [-0.15, -0.1) is 0 Å². The molecule has 2 aromatic rings. The van der Waals surface area contributed by atoms with E-state index in [0.29, 0.717) is 31.7 Å². The van der Waals surface area contributed by atoms with Gasteiger partial charge in [0.2, 0.25) is 11.8 Å². The monoisotopic (exact) mass is 464 g/mol. The molecule has 0 aliphatic carbocycles. The van der Waals surface area contributed by atoms with E-state index in [9.17, 15) is 22.8 Å². The zero-order valence-corrected chi connectivity index (χ0v) is 18.4. The molecule has 9 heteroatoms. The first-order valence-electron chi connectivity index (χ1n) is 10.9. The molecule has 0 radical (unpaired) electrons. The van der Waals surface area contributed by atoms with Crippen LogP contribution in [0.15, 0.2) is 48.5 Å². The predicted molar refractivity (Wildman–Crippen MR) is 117 cm³/mol. The number of ether oxygens (including phenoxy) is 2. The highest BCUT2D eigenvalue weighted by atomic mass is 19.4. The summed E-state index contributed by atoms with van der Waals surface area (Å²) in [6.07, 6.45) is -3.44. The first-order valence-corrected chi connectivity index (χ1v) is 10.9. The molecule has 1 heterocycles. The van der Waals surface area contributed by atoms with Gasteiger partial charge in [0.15, 0.2) is 0 Å². The molecule has 1 aliphatic rings. The Kier molecular flexibility index (Phi) is 8.19. The normalized spacial score (nSPS) is 14.6. The van der Waals surface area contributed by atoms with E-state index in [4.69, 9.17) is 9.47 Å². The Labute approximate surface area is 190 Å². The standard InChI is InChI=1S/C24H27F3N2O4/c1-2-32-21-9-8-18(24(25,26)27)16-20(21)28-23(31)17-10-13-29(14-11-17)22(30)12-15-33-19-6-4-3-5-7-19/h3-9,16-17H,2,10-15H2,1H3,(H,28,31). The fourth-order valence-electron chi connectivity index (χ4n) is 3.64. The number of nitrogens with one attached hydrogen (secondary N) is 1. The van der Waals surface area contributed by atoms with Gasteiger partial charge < -0.3 is 19.7 Å². The van der Waals surface area contributed by atoms with Crippen LogP contribution in [0.1, 0.15) is 31.7 Å². The molecule has 0 atom stereocenters. The summed E-state index contributed by atoms with van der Waals surface area (Å²) in [6, 6.07) is 12.2. The zero-order valence-electron chi connectivity index (χ0n) is 18.4. The highest BCUT2D eigenvalue weighted by Crippen LogP contribution is 2.35. The Hall–Kier alpha value is -3.23. The number of anilines is 1. The third kappa shape index (κ3) is 6.87. The molecule has 1 N–H and O–H groups in total. The zero-order chi connectivity index (χ0) is 23.8. The van der Waals surface area contributed by atoms with Crippen molar-refractivity contribution in [2.24, 2.45) is 5.92 Å². The molecule has 0 bridgehead atoms. The third-order valence-electron chi connectivity index (χ3n) is 5.41. The molecule has 0 spiro atoms. The maximum atomic E-state index is 13.1. The molecule has 0 aromatic heterocycles. The fourth-order valence-corrected chi connectivity index (χ4v) is 3.64. The van der Waals surface area contributed by atoms with E-state index in [0.717, 1.165) is 12.1 Å². The molecular formula is C24H27F3N2O4. The van der Waals surface area contributed by atoms with Gasteiger partial charge in [-0.05, 0) is 50.1 Å². The topological polar surface area (TPSA) is 67.9 Å². The maximum absolute atomic E-state index is 13.1. The van der Waals surface area contributed by atoms with Gasteiger partial charge in [0.25, 0.3) is 0 Å². The van der Waals surface area contributed by atoms with Gasteiger partial charge in [-0.25, -0.2) is 0 Å². The van der Waals surface area contributed by atoms with Crippen molar-refractivity contribution in [2.75, 3.05) is 31.6 Å². The number of carbonyl (C=O) groups is 2. The second-order valence-corrected chi connectivity index (χ2v) is 7.70. The van der Waals surface area contributed by atoms with Crippen molar-refractivity contribution in [2.45, 2.75) is 32.4 Å². The predicted octanol–water partition coefficient (Wildman–Crippen LogP) is 4.75. The number of para-hydroxylation sites is 1. The Morgan fingerprint density at radius 2 is 1.76 bits per heavy atom. The van der Waals surface area contributed by atoms with Crippen molar-refractivity contribution < 1.29 is 32.2 Å². The van der Waals surface area contributed by atoms with Crippen molar-refractivity contribution in [1.29, 1.82) is 0 Å². The Morgan fingerprint density at radius 1 is 1.06 bits per heavy atom. The Balaban J connectivity index is 1.51. The van der Waals surface area contributed by atoms with Crippen LogP contribution in [0.5, 0.6) is 11.5 Å². The number of alkyl halides is 3. The molecule has 2 amide bonds. The van der Waals surface area contributed by atoms with Crippen LogP contribution in [0.3, 0.4) is 0 Å². The van der Waals surface area contributed by atoms with Crippen molar-refractivity contribution in [3.63, 3.8) is 0 Å². The summed E-state index contributed by atoms with van der Waals surface area (Å²) < 4.78 is 50.2. The number of piperidine rings is 1. The van der Waals surface area contributed by atoms with E-state index in [1.807, 2.05) is 30.3 Å². The molecule has 3 rings (SSSR count). The average Bonchev–Trinajstić information content (AvgIpc) is 2.80. The Morgan fingerprint density at radius 3 is 2.39 bits per heavy atom. The molecule has 1 saturated heterocycles. The van der Waals surface area contributed by atoms with E-state index < -0.39 is 17.7 Å². The van der Waals surface area contributed by atoms with Crippen LogP contribution in [0.25, 0.3) is 0 Å². The molecule has 178 valence electrons. The number of rotatable bonds is 8. The maximum Gasteiger partial charge on any atom is 0.416 e. The molecule has 33 heavy (non-hydrogen) atoms. The van der Waals surface area contributed by atoms with Crippen molar-refractivity contribution >= 4 is 17.5 Å². The summed E-state index contributed by atoms with van der Waals surface area (Å²) in [7, 11) is 0. The van der Waals surface area contributed by atoms with Gasteiger partial charge >= 0.3 is 6.18 Å². The minimum absolute atomic E-state index is 0.00626. The number of amides is 2.